The standard InChI is InChI=1S/C11H19NO3/c1-2-15-11(13)9-3-5-12(6-4-9)10-7-14-8-10/h9-10H,2-8H2,1H3. The normalized spacial score (nSPS) is 24.9. The van der Waals surface area contributed by atoms with Gasteiger partial charge in [-0.05, 0) is 32.9 Å². The van der Waals surface area contributed by atoms with Gasteiger partial charge in [0.1, 0.15) is 0 Å². The van der Waals surface area contributed by atoms with Crippen LogP contribution < -0.4 is 0 Å². The van der Waals surface area contributed by atoms with Gasteiger partial charge in [0.2, 0.25) is 0 Å². The van der Waals surface area contributed by atoms with Crippen molar-refractivity contribution in [2.45, 2.75) is 25.8 Å². The van der Waals surface area contributed by atoms with E-state index < -0.39 is 0 Å². The first-order valence-electron chi connectivity index (χ1n) is 5.79. The van der Waals surface area contributed by atoms with Crippen LogP contribution >= 0.6 is 0 Å². The van der Waals surface area contributed by atoms with E-state index in [0.717, 1.165) is 39.1 Å². The average molecular weight is 213 g/mol. The minimum Gasteiger partial charge on any atom is -0.466 e. The smallest absolute Gasteiger partial charge is 0.309 e. The van der Waals surface area contributed by atoms with E-state index in [1.165, 1.54) is 0 Å². The van der Waals surface area contributed by atoms with Crippen molar-refractivity contribution in [2.75, 3.05) is 32.9 Å². The van der Waals surface area contributed by atoms with Crippen LogP contribution in [0.25, 0.3) is 0 Å². The van der Waals surface area contributed by atoms with Crippen molar-refractivity contribution in [3.63, 3.8) is 0 Å². The molecule has 4 heteroatoms. The molecule has 2 rings (SSSR count). The lowest BCUT2D eigenvalue weighted by atomic mass is 9.95. The van der Waals surface area contributed by atoms with Gasteiger partial charge < -0.3 is 9.47 Å². The second-order valence-electron chi connectivity index (χ2n) is 4.25. The molecule has 2 aliphatic rings. The van der Waals surface area contributed by atoms with Crippen LogP contribution in [0.4, 0.5) is 0 Å². The SMILES string of the molecule is CCOC(=O)C1CCN(C2COC2)CC1. The van der Waals surface area contributed by atoms with Crippen molar-refractivity contribution >= 4 is 5.97 Å². The van der Waals surface area contributed by atoms with Gasteiger partial charge in [-0.1, -0.05) is 0 Å². The van der Waals surface area contributed by atoms with Crippen LogP contribution in [0.15, 0.2) is 0 Å². The van der Waals surface area contributed by atoms with Crippen LogP contribution in [-0.2, 0) is 14.3 Å². The maximum atomic E-state index is 11.5. The highest BCUT2D eigenvalue weighted by atomic mass is 16.5. The van der Waals surface area contributed by atoms with E-state index in [0.29, 0.717) is 12.6 Å². The van der Waals surface area contributed by atoms with Crippen molar-refractivity contribution in [2.24, 2.45) is 5.92 Å². The lowest BCUT2D eigenvalue weighted by molar-refractivity contribution is -0.151. The number of esters is 1. The summed E-state index contributed by atoms with van der Waals surface area (Å²) in [5, 5.41) is 0. The lowest BCUT2D eigenvalue weighted by Crippen LogP contribution is -2.52. The van der Waals surface area contributed by atoms with E-state index in [1.807, 2.05) is 6.92 Å². The van der Waals surface area contributed by atoms with Crippen LogP contribution in [0.3, 0.4) is 0 Å². The fourth-order valence-electron chi connectivity index (χ4n) is 2.19. The zero-order valence-electron chi connectivity index (χ0n) is 9.28. The summed E-state index contributed by atoms with van der Waals surface area (Å²) in [5.41, 5.74) is 0. The molecule has 2 aliphatic heterocycles. The lowest BCUT2D eigenvalue weighted by Gasteiger charge is -2.40. The van der Waals surface area contributed by atoms with Gasteiger partial charge in [0.25, 0.3) is 0 Å². The predicted octanol–water partition coefficient (Wildman–Crippen LogP) is 0.660. The van der Waals surface area contributed by atoms with Crippen molar-refractivity contribution in [1.82, 2.24) is 4.90 Å². The highest BCUT2D eigenvalue weighted by Gasteiger charge is 2.32. The van der Waals surface area contributed by atoms with E-state index >= 15 is 0 Å². The third kappa shape index (κ3) is 2.49. The molecule has 0 aliphatic carbocycles. The second kappa shape index (κ2) is 4.94. The van der Waals surface area contributed by atoms with Gasteiger partial charge in [-0.3, -0.25) is 9.69 Å². The Morgan fingerprint density at radius 1 is 1.40 bits per heavy atom. The molecule has 2 fully saturated rings. The first-order chi connectivity index (χ1) is 7.31. The van der Waals surface area contributed by atoms with Crippen LogP contribution in [0.2, 0.25) is 0 Å². The minimum atomic E-state index is -0.0120. The molecule has 0 saturated carbocycles. The number of ether oxygens (including phenoxy) is 2. The van der Waals surface area contributed by atoms with Gasteiger partial charge in [0.15, 0.2) is 0 Å². The molecule has 0 aromatic carbocycles. The number of rotatable bonds is 3. The number of nitrogens with zero attached hydrogens (tertiary/aromatic N) is 1. The van der Waals surface area contributed by atoms with Crippen LogP contribution in [-0.4, -0.2) is 49.8 Å². The molecule has 2 saturated heterocycles. The Labute approximate surface area is 90.5 Å². The Bertz CT molecular complexity index is 220. The summed E-state index contributed by atoms with van der Waals surface area (Å²) in [4.78, 5) is 13.9. The molecule has 0 N–H and O–H groups in total. The van der Waals surface area contributed by atoms with Crippen molar-refractivity contribution in [3.8, 4) is 0 Å². The van der Waals surface area contributed by atoms with Crippen molar-refractivity contribution in [3.05, 3.63) is 0 Å². The topological polar surface area (TPSA) is 38.8 Å². The summed E-state index contributed by atoms with van der Waals surface area (Å²) in [6, 6.07) is 0.605. The molecule has 86 valence electrons. The van der Waals surface area contributed by atoms with E-state index in [1.54, 1.807) is 0 Å². The molecule has 0 bridgehead atoms. The summed E-state index contributed by atoms with van der Waals surface area (Å²) in [7, 11) is 0. The Morgan fingerprint density at radius 3 is 2.53 bits per heavy atom. The summed E-state index contributed by atoms with van der Waals surface area (Å²) in [5.74, 6) is 0.115. The highest BCUT2D eigenvalue weighted by molar-refractivity contribution is 5.72. The number of hydrogen-bond acceptors (Lipinski definition) is 4. The van der Waals surface area contributed by atoms with Crippen LogP contribution in [0, 0.1) is 5.92 Å². The number of hydrogen-bond donors (Lipinski definition) is 0. The van der Waals surface area contributed by atoms with Crippen molar-refractivity contribution in [1.29, 1.82) is 0 Å². The molecule has 0 atom stereocenters. The Hall–Kier alpha value is -0.610. The third-order valence-corrected chi connectivity index (χ3v) is 3.29. The maximum absolute atomic E-state index is 11.5. The van der Waals surface area contributed by atoms with E-state index in [2.05, 4.69) is 4.90 Å². The summed E-state index contributed by atoms with van der Waals surface area (Å²) in [6.07, 6.45) is 1.88. The van der Waals surface area contributed by atoms with E-state index in [-0.39, 0.29) is 11.9 Å². The van der Waals surface area contributed by atoms with Gasteiger partial charge in [0, 0.05) is 0 Å². The molecule has 0 amide bonds. The maximum Gasteiger partial charge on any atom is 0.309 e. The highest BCUT2D eigenvalue weighted by Crippen LogP contribution is 2.22. The fourth-order valence-corrected chi connectivity index (χ4v) is 2.19. The Balaban J connectivity index is 1.73. The van der Waals surface area contributed by atoms with Crippen LogP contribution in [0.1, 0.15) is 19.8 Å². The molecule has 0 radical (unpaired) electrons. The Kier molecular flexibility index (Phi) is 3.59. The molecule has 0 spiro atoms. The molecule has 2 heterocycles. The number of carbonyl (C=O) groups excluding carboxylic acids is 1. The molecule has 0 aromatic rings. The van der Waals surface area contributed by atoms with Crippen LogP contribution in [0.5, 0.6) is 0 Å². The summed E-state index contributed by atoms with van der Waals surface area (Å²) >= 11 is 0. The van der Waals surface area contributed by atoms with Gasteiger partial charge in [-0.15, -0.1) is 0 Å². The average Bonchev–Trinajstić information content (AvgIpc) is 2.16. The summed E-state index contributed by atoms with van der Waals surface area (Å²) < 4.78 is 10.2. The zero-order valence-corrected chi connectivity index (χ0v) is 9.28. The first kappa shape index (κ1) is 10.9. The third-order valence-electron chi connectivity index (χ3n) is 3.29. The van der Waals surface area contributed by atoms with Gasteiger partial charge in [-0.25, -0.2) is 0 Å². The fraction of sp³-hybridized carbons (Fsp3) is 0.909. The van der Waals surface area contributed by atoms with Gasteiger partial charge in [0.05, 0.1) is 31.8 Å². The molecule has 4 nitrogen and oxygen atoms in total. The van der Waals surface area contributed by atoms with Gasteiger partial charge in [-0.2, -0.15) is 0 Å². The monoisotopic (exact) mass is 213 g/mol. The van der Waals surface area contributed by atoms with Crippen molar-refractivity contribution < 1.29 is 14.3 Å². The molecule has 0 unspecified atom stereocenters. The van der Waals surface area contributed by atoms with E-state index in [4.69, 9.17) is 9.47 Å². The first-order valence-corrected chi connectivity index (χ1v) is 5.79. The molecular formula is C11H19NO3. The largest absolute Gasteiger partial charge is 0.466 e. The molecular weight excluding hydrogens is 194 g/mol. The minimum absolute atomic E-state index is 0.0120. The van der Waals surface area contributed by atoms with E-state index in [9.17, 15) is 4.79 Å². The van der Waals surface area contributed by atoms with Gasteiger partial charge >= 0.3 is 5.97 Å². The molecule has 0 aromatic heterocycles. The predicted molar refractivity (Wildman–Crippen MR) is 55.5 cm³/mol. The molecule has 15 heavy (non-hydrogen) atoms. The number of piperidine rings is 1. The Morgan fingerprint density at radius 2 is 2.07 bits per heavy atom. The zero-order chi connectivity index (χ0) is 10.7. The quantitative estimate of drug-likeness (QED) is 0.646. The number of likely N-dealkylation sites (tertiary alicyclic amines) is 1. The second-order valence-corrected chi connectivity index (χ2v) is 4.25. The number of carbonyl (C=O) groups is 1. The summed E-state index contributed by atoms with van der Waals surface area (Å²) in [6.45, 7) is 6.11.